The molecule has 0 radical (unpaired) electrons. The van der Waals surface area contributed by atoms with Gasteiger partial charge in [0, 0.05) is 5.56 Å². The van der Waals surface area contributed by atoms with E-state index in [9.17, 15) is 0 Å². The van der Waals surface area contributed by atoms with Gasteiger partial charge in [-0.3, -0.25) is 0 Å². The monoisotopic (exact) mass is 378 g/mol. The maximum Gasteiger partial charge on any atom is 0.220 e. The number of halogens is 3. The second-order valence-corrected chi connectivity index (χ2v) is 7.43. The number of methoxy groups -OCH3 is 1. The van der Waals surface area contributed by atoms with Gasteiger partial charge in [-0.1, -0.05) is 39.1 Å². The van der Waals surface area contributed by atoms with E-state index in [1.807, 2.05) is 24.3 Å². The van der Waals surface area contributed by atoms with E-state index in [2.05, 4.69) is 34.4 Å². The Hall–Kier alpha value is -0.250. The third kappa shape index (κ3) is 3.00. The molecule has 1 aromatic rings. The highest BCUT2D eigenvalue weighted by molar-refractivity contribution is 9.09. The van der Waals surface area contributed by atoms with Crippen LogP contribution >= 0.6 is 39.1 Å². The number of ether oxygens (including phenoxy) is 1. The molecule has 0 aliphatic carbocycles. The Morgan fingerprint density at radius 3 is 2.40 bits per heavy atom. The number of rotatable bonds is 4. The normalized spacial score (nSPS) is 21.6. The van der Waals surface area contributed by atoms with Gasteiger partial charge in [0.25, 0.3) is 0 Å². The van der Waals surface area contributed by atoms with Crippen molar-refractivity contribution < 1.29 is 9.31 Å². The summed E-state index contributed by atoms with van der Waals surface area (Å²) in [5, 5.41) is 0.853. The lowest BCUT2D eigenvalue weighted by Gasteiger charge is -2.13. The van der Waals surface area contributed by atoms with E-state index in [4.69, 9.17) is 27.9 Å². The summed E-state index contributed by atoms with van der Waals surface area (Å²) in [5.41, 5.74) is 2.04. The molecule has 1 unspecified atom stereocenters. The largest absolute Gasteiger partial charge is 0.497 e. The molecule has 0 aromatic heterocycles. The molecule has 0 spiro atoms. The molecular formula is C15H19BrCl2NO+. The minimum absolute atomic E-state index is 0.308. The Morgan fingerprint density at radius 1 is 1.35 bits per heavy atom. The molecule has 1 aliphatic rings. The number of alkyl halides is 3. The van der Waals surface area contributed by atoms with Crippen LogP contribution in [-0.4, -0.2) is 39.1 Å². The highest BCUT2D eigenvalue weighted by atomic mass is 79.9. The summed E-state index contributed by atoms with van der Waals surface area (Å²) < 4.78 is 6.67. The quantitative estimate of drug-likeness (QED) is 0.562. The van der Waals surface area contributed by atoms with Crippen molar-refractivity contribution in [3.05, 3.63) is 29.8 Å². The van der Waals surface area contributed by atoms with Gasteiger partial charge < -0.3 is 4.74 Å². The zero-order chi connectivity index (χ0) is 14.9. The van der Waals surface area contributed by atoms with Gasteiger partial charge in [-0.05, 0) is 38.1 Å². The van der Waals surface area contributed by atoms with Gasteiger partial charge in [0.05, 0.1) is 18.9 Å². The molecule has 1 heterocycles. The van der Waals surface area contributed by atoms with Gasteiger partial charge >= 0.3 is 0 Å². The Labute approximate surface area is 138 Å². The molecule has 20 heavy (non-hydrogen) atoms. The first-order valence-electron chi connectivity index (χ1n) is 6.64. The van der Waals surface area contributed by atoms with E-state index < -0.39 is 4.33 Å². The fourth-order valence-corrected chi connectivity index (χ4v) is 4.09. The van der Waals surface area contributed by atoms with E-state index in [1.165, 1.54) is 0 Å². The fraction of sp³-hybridized carbons (Fsp3) is 0.533. The molecule has 0 saturated carbocycles. The summed E-state index contributed by atoms with van der Waals surface area (Å²) in [7, 11) is 1.66. The molecule has 0 bridgehead atoms. The maximum absolute atomic E-state index is 6.59. The van der Waals surface area contributed by atoms with Gasteiger partial charge in [-0.15, -0.1) is 0 Å². The lowest BCUT2D eigenvalue weighted by atomic mass is 10.1. The van der Waals surface area contributed by atoms with Crippen LogP contribution in [0.1, 0.15) is 25.8 Å². The van der Waals surface area contributed by atoms with Crippen LogP contribution in [0.2, 0.25) is 0 Å². The minimum atomic E-state index is -0.850. The fourth-order valence-electron chi connectivity index (χ4n) is 2.78. The number of nitrogens with zero attached hydrogens (tertiary/aromatic N) is 1. The average molecular weight is 380 g/mol. The molecular weight excluding hydrogens is 361 g/mol. The van der Waals surface area contributed by atoms with Crippen molar-refractivity contribution >= 4 is 44.8 Å². The van der Waals surface area contributed by atoms with Crippen molar-refractivity contribution in [1.82, 2.24) is 0 Å². The summed E-state index contributed by atoms with van der Waals surface area (Å²) in [6, 6.07) is 8.55. The van der Waals surface area contributed by atoms with Gasteiger partial charge in [-0.2, -0.15) is 0 Å². The average Bonchev–Trinajstić information content (AvgIpc) is 2.70. The summed E-state index contributed by atoms with van der Waals surface area (Å²) in [6.07, 6.45) is 0.723. The van der Waals surface area contributed by atoms with Gasteiger partial charge in [-0.25, -0.2) is 4.58 Å². The summed E-state index contributed by atoms with van der Waals surface area (Å²) >= 11 is 16.7. The van der Waals surface area contributed by atoms with Gasteiger partial charge in [0.15, 0.2) is 6.04 Å². The maximum atomic E-state index is 6.59. The highest BCUT2D eigenvalue weighted by Gasteiger charge is 2.51. The predicted octanol–water partition coefficient (Wildman–Crippen LogP) is 4.25. The van der Waals surface area contributed by atoms with E-state index in [0.717, 1.165) is 28.8 Å². The van der Waals surface area contributed by atoms with E-state index in [1.54, 1.807) is 7.11 Å². The van der Waals surface area contributed by atoms with Gasteiger partial charge in [0.2, 0.25) is 10.0 Å². The second kappa shape index (κ2) is 6.25. The van der Waals surface area contributed by atoms with Crippen molar-refractivity contribution in [2.24, 2.45) is 0 Å². The van der Waals surface area contributed by atoms with Crippen molar-refractivity contribution in [3.8, 4) is 5.75 Å². The van der Waals surface area contributed by atoms with Crippen LogP contribution < -0.4 is 4.74 Å². The first kappa shape index (κ1) is 16.1. The predicted molar refractivity (Wildman–Crippen MR) is 89.1 cm³/mol. The van der Waals surface area contributed by atoms with Crippen LogP contribution in [0.3, 0.4) is 0 Å². The molecule has 0 amide bonds. The molecule has 0 N–H and O–H groups in total. The van der Waals surface area contributed by atoms with Crippen molar-refractivity contribution in [2.75, 3.05) is 12.4 Å². The van der Waals surface area contributed by atoms with Gasteiger partial charge in [0.1, 0.15) is 11.8 Å². The lowest BCUT2D eigenvalue weighted by Crippen LogP contribution is -2.33. The van der Waals surface area contributed by atoms with Crippen LogP contribution in [0.15, 0.2) is 24.3 Å². The highest BCUT2D eigenvalue weighted by Crippen LogP contribution is 2.39. The molecule has 0 fully saturated rings. The van der Waals surface area contributed by atoms with Crippen LogP contribution in [-0.2, 0) is 0 Å². The molecule has 5 heteroatoms. The zero-order valence-electron chi connectivity index (χ0n) is 11.9. The Bertz CT molecular complexity index is 511. The van der Waals surface area contributed by atoms with Crippen molar-refractivity contribution in [2.45, 2.75) is 36.7 Å². The molecule has 1 aromatic carbocycles. The standard InChI is InChI=1S/C15H19BrCl2NO/c1-10(2)19-12(9-16)8-15(17,18)14(19)11-4-6-13(20-3)7-5-11/h4-7,10,12H,8-9H2,1-3H3/q+1. The third-order valence-corrected chi connectivity index (χ3v) is 5.00. The Morgan fingerprint density at radius 2 is 1.95 bits per heavy atom. The summed E-state index contributed by atoms with van der Waals surface area (Å²) in [4.78, 5) is 0. The molecule has 2 nitrogen and oxygen atoms in total. The van der Waals surface area contributed by atoms with Crippen LogP contribution in [0.25, 0.3) is 0 Å². The second-order valence-electron chi connectivity index (χ2n) is 5.29. The van der Waals surface area contributed by atoms with E-state index in [-0.39, 0.29) is 0 Å². The molecule has 110 valence electrons. The Kier molecular flexibility index (Phi) is 5.04. The summed E-state index contributed by atoms with van der Waals surface area (Å²) in [5.74, 6) is 0.829. The number of benzene rings is 1. The van der Waals surface area contributed by atoms with Crippen LogP contribution in [0.4, 0.5) is 0 Å². The lowest BCUT2D eigenvalue weighted by molar-refractivity contribution is -0.581. The smallest absolute Gasteiger partial charge is 0.220 e. The third-order valence-electron chi connectivity index (χ3n) is 3.59. The first-order chi connectivity index (χ1) is 9.40. The topological polar surface area (TPSA) is 12.2 Å². The molecule has 2 rings (SSSR count). The molecule has 1 aliphatic heterocycles. The first-order valence-corrected chi connectivity index (χ1v) is 8.52. The molecule has 1 atom stereocenters. The van der Waals surface area contributed by atoms with E-state index >= 15 is 0 Å². The van der Waals surface area contributed by atoms with Crippen LogP contribution in [0, 0.1) is 0 Å². The SMILES string of the molecule is COc1ccc(C2=[N+](C(C)C)C(CBr)CC2(Cl)Cl)cc1. The van der Waals surface area contributed by atoms with E-state index in [0.29, 0.717) is 12.1 Å². The summed E-state index contributed by atoms with van der Waals surface area (Å²) in [6.45, 7) is 4.32. The zero-order valence-corrected chi connectivity index (χ0v) is 15.0. The minimum Gasteiger partial charge on any atom is -0.497 e. The van der Waals surface area contributed by atoms with Crippen molar-refractivity contribution in [3.63, 3.8) is 0 Å². The van der Waals surface area contributed by atoms with Crippen LogP contribution in [0.5, 0.6) is 5.75 Å². The Balaban J connectivity index is 2.54. The molecule has 0 saturated heterocycles. The number of hydrogen-bond acceptors (Lipinski definition) is 1. The number of hydrogen-bond donors (Lipinski definition) is 0. The van der Waals surface area contributed by atoms with Crippen molar-refractivity contribution in [1.29, 1.82) is 0 Å².